The van der Waals surface area contributed by atoms with Crippen LogP contribution in [0.2, 0.25) is 0 Å². The number of phenols is 1. The van der Waals surface area contributed by atoms with Crippen molar-refractivity contribution < 1.29 is 5.11 Å². The predicted octanol–water partition coefficient (Wildman–Crippen LogP) is 1.07. The standard InChI is InChI=1S/C12H16N4O/c1-8-14-15-12(16(8)2)11(13)7-9-3-5-10(17)6-4-9/h3-6,11,17H,7,13H2,1-2H3. The lowest BCUT2D eigenvalue weighted by molar-refractivity contribution is 0.475. The molecule has 0 fully saturated rings. The van der Waals surface area contributed by atoms with Gasteiger partial charge in [0.15, 0.2) is 0 Å². The Balaban J connectivity index is 2.14. The molecule has 0 saturated heterocycles. The minimum atomic E-state index is -0.189. The van der Waals surface area contributed by atoms with Gasteiger partial charge in [-0.1, -0.05) is 12.1 Å². The van der Waals surface area contributed by atoms with E-state index in [0.29, 0.717) is 6.42 Å². The molecule has 3 N–H and O–H groups in total. The maximum absolute atomic E-state index is 9.20. The highest BCUT2D eigenvalue weighted by molar-refractivity contribution is 5.26. The van der Waals surface area contributed by atoms with E-state index in [0.717, 1.165) is 17.2 Å². The Morgan fingerprint density at radius 3 is 2.47 bits per heavy atom. The third-order valence-corrected chi connectivity index (χ3v) is 2.85. The fourth-order valence-corrected chi connectivity index (χ4v) is 1.72. The summed E-state index contributed by atoms with van der Waals surface area (Å²) in [6.45, 7) is 1.89. The minimum absolute atomic E-state index is 0.189. The first kappa shape index (κ1) is 11.6. The molecule has 0 aliphatic heterocycles. The normalized spacial score (nSPS) is 12.6. The molecule has 0 aliphatic carbocycles. The molecule has 90 valence electrons. The van der Waals surface area contributed by atoms with Crippen molar-refractivity contribution in [2.24, 2.45) is 12.8 Å². The Bertz CT molecular complexity index is 504. The molecule has 5 heteroatoms. The monoisotopic (exact) mass is 232 g/mol. The van der Waals surface area contributed by atoms with E-state index >= 15 is 0 Å². The number of benzene rings is 1. The van der Waals surface area contributed by atoms with Crippen LogP contribution >= 0.6 is 0 Å². The number of aromatic hydroxyl groups is 1. The van der Waals surface area contributed by atoms with Gasteiger partial charge in [0.05, 0.1) is 6.04 Å². The van der Waals surface area contributed by atoms with Gasteiger partial charge in [0, 0.05) is 7.05 Å². The molecular formula is C12H16N4O. The summed E-state index contributed by atoms with van der Waals surface area (Å²) in [4.78, 5) is 0. The van der Waals surface area contributed by atoms with Crippen molar-refractivity contribution >= 4 is 0 Å². The molecule has 0 amide bonds. The van der Waals surface area contributed by atoms with E-state index in [4.69, 9.17) is 5.73 Å². The Labute approximate surface area is 99.9 Å². The van der Waals surface area contributed by atoms with Gasteiger partial charge < -0.3 is 15.4 Å². The van der Waals surface area contributed by atoms with E-state index in [1.54, 1.807) is 12.1 Å². The van der Waals surface area contributed by atoms with Crippen LogP contribution in [0.4, 0.5) is 0 Å². The van der Waals surface area contributed by atoms with E-state index in [-0.39, 0.29) is 11.8 Å². The van der Waals surface area contributed by atoms with Crippen LogP contribution in [-0.4, -0.2) is 19.9 Å². The Kier molecular flexibility index (Phi) is 3.10. The van der Waals surface area contributed by atoms with Crippen LogP contribution < -0.4 is 5.73 Å². The fourth-order valence-electron chi connectivity index (χ4n) is 1.72. The van der Waals surface area contributed by atoms with Crippen molar-refractivity contribution in [3.63, 3.8) is 0 Å². The smallest absolute Gasteiger partial charge is 0.150 e. The summed E-state index contributed by atoms with van der Waals surface area (Å²) in [5.41, 5.74) is 7.16. The lowest BCUT2D eigenvalue weighted by Gasteiger charge is -2.11. The molecule has 0 aliphatic rings. The molecule has 17 heavy (non-hydrogen) atoms. The maximum Gasteiger partial charge on any atom is 0.150 e. The molecule has 0 saturated carbocycles. The Morgan fingerprint density at radius 1 is 1.29 bits per heavy atom. The van der Waals surface area contributed by atoms with E-state index in [1.165, 1.54) is 0 Å². The van der Waals surface area contributed by atoms with Crippen LogP contribution in [0.25, 0.3) is 0 Å². The first-order valence-electron chi connectivity index (χ1n) is 5.47. The van der Waals surface area contributed by atoms with Gasteiger partial charge >= 0.3 is 0 Å². The topological polar surface area (TPSA) is 77.0 Å². The molecule has 2 rings (SSSR count). The number of phenolic OH excluding ortho intramolecular Hbond substituents is 1. The van der Waals surface area contributed by atoms with Crippen LogP contribution in [0.3, 0.4) is 0 Å². The largest absolute Gasteiger partial charge is 0.508 e. The van der Waals surface area contributed by atoms with Gasteiger partial charge in [-0.2, -0.15) is 0 Å². The van der Waals surface area contributed by atoms with Crippen molar-refractivity contribution in [2.45, 2.75) is 19.4 Å². The summed E-state index contributed by atoms with van der Waals surface area (Å²) in [6, 6.07) is 6.84. The van der Waals surface area contributed by atoms with Crippen LogP contribution in [0.1, 0.15) is 23.3 Å². The van der Waals surface area contributed by atoms with Crippen molar-refractivity contribution in [3.05, 3.63) is 41.5 Å². The number of rotatable bonds is 3. The maximum atomic E-state index is 9.20. The van der Waals surface area contributed by atoms with Crippen molar-refractivity contribution in [1.29, 1.82) is 0 Å². The highest BCUT2D eigenvalue weighted by Gasteiger charge is 2.14. The van der Waals surface area contributed by atoms with Gasteiger partial charge in [-0.3, -0.25) is 0 Å². The fraction of sp³-hybridized carbons (Fsp3) is 0.333. The van der Waals surface area contributed by atoms with Crippen LogP contribution in [0.15, 0.2) is 24.3 Å². The van der Waals surface area contributed by atoms with Crippen LogP contribution in [0.5, 0.6) is 5.75 Å². The Morgan fingerprint density at radius 2 is 1.94 bits per heavy atom. The molecule has 1 atom stereocenters. The number of hydrogen-bond donors (Lipinski definition) is 2. The second kappa shape index (κ2) is 4.55. The summed E-state index contributed by atoms with van der Waals surface area (Å²) in [7, 11) is 1.90. The van der Waals surface area contributed by atoms with Crippen molar-refractivity contribution in [3.8, 4) is 5.75 Å². The van der Waals surface area contributed by atoms with E-state index in [2.05, 4.69) is 10.2 Å². The average Bonchev–Trinajstić information content (AvgIpc) is 2.63. The molecule has 1 aromatic carbocycles. The molecule has 2 aromatic rings. The van der Waals surface area contributed by atoms with Crippen LogP contribution in [0, 0.1) is 6.92 Å². The van der Waals surface area contributed by atoms with Crippen molar-refractivity contribution in [2.75, 3.05) is 0 Å². The SMILES string of the molecule is Cc1nnc(C(N)Cc2ccc(O)cc2)n1C. The first-order chi connectivity index (χ1) is 8.08. The minimum Gasteiger partial charge on any atom is -0.508 e. The van der Waals surface area contributed by atoms with E-state index in [1.807, 2.05) is 30.7 Å². The van der Waals surface area contributed by atoms with Gasteiger partial charge in [-0.25, -0.2) is 0 Å². The highest BCUT2D eigenvalue weighted by Crippen LogP contribution is 2.16. The quantitative estimate of drug-likeness (QED) is 0.830. The summed E-state index contributed by atoms with van der Waals surface area (Å²) in [5.74, 6) is 1.88. The number of nitrogens with zero attached hydrogens (tertiary/aromatic N) is 3. The van der Waals surface area contributed by atoms with E-state index in [9.17, 15) is 5.11 Å². The molecule has 0 spiro atoms. The highest BCUT2D eigenvalue weighted by atomic mass is 16.3. The third kappa shape index (κ3) is 2.45. The second-order valence-corrected chi connectivity index (χ2v) is 4.14. The Hall–Kier alpha value is -1.88. The van der Waals surface area contributed by atoms with Crippen molar-refractivity contribution in [1.82, 2.24) is 14.8 Å². The number of aryl methyl sites for hydroxylation is 1. The molecule has 0 bridgehead atoms. The number of nitrogens with two attached hydrogens (primary N) is 1. The van der Waals surface area contributed by atoms with Gasteiger partial charge in [0.1, 0.15) is 17.4 Å². The summed E-state index contributed by atoms with van der Waals surface area (Å²) in [6.07, 6.45) is 0.673. The number of hydrogen-bond acceptors (Lipinski definition) is 4. The average molecular weight is 232 g/mol. The molecule has 1 aromatic heterocycles. The summed E-state index contributed by atoms with van der Waals surface area (Å²) >= 11 is 0. The number of aromatic nitrogens is 3. The third-order valence-electron chi connectivity index (χ3n) is 2.85. The van der Waals surface area contributed by atoms with E-state index < -0.39 is 0 Å². The molecular weight excluding hydrogens is 216 g/mol. The second-order valence-electron chi connectivity index (χ2n) is 4.14. The first-order valence-corrected chi connectivity index (χ1v) is 5.47. The van der Waals surface area contributed by atoms with Crippen LogP contribution in [-0.2, 0) is 13.5 Å². The zero-order chi connectivity index (χ0) is 12.4. The lowest BCUT2D eigenvalue weighted by Crippen LogP contribution is -2.18. The summed E-state index contributed by atoms with van der Waals surface area (Å²) < 4.78 is 1.89. The van der Waals surface area contributed by atoms with Gasteiger partial charge in [-0.15, -0.1) is 10.2 Å². The molecule has 1 heterocycles. The van der Waals surface area contributed by atoms with Gasteiger partial charge in [-0.05, 0) is 31.0 Å². The molecule has 0 radical (unpaired) electrons. The van der Waals surface area contributed by atoms with Gasteiger partial charge in [0.2, 0.25) is 0 Å². The zero-order valence-corrected chi connectivity index (χ0v) is 9.96. The molecule has 1 unspecified atom stereocenters. The zero-order valence-electron chi connectivity index (χ0n) is 9.96. The predicted molar refractivity (Wildman–Crippen MR) is 64.5 cm³/mol. The molecule has 5 nitrogen and oxygen atoms in total. The summed E-state index contributed by atoms with van der Waals surface area (Å²) in [5, 5.41) is 17.3. The van der Waals surface area contributed by atoms with Gasteiger partial charge in [0.25, 0.3) is 0 Å². The lowest BCUT2D eigenvalue weighted by atomic mass is 10.1.